The highest BCUT2D eigenvalue weighted by Gasteiger charge is 2.22. The Hall–Kier alpha value is -0.860. The number of methoxy groups -OCH3 is 1. The fourth-order valence-corrected chi connectivity index (χ4v) is 3.70. The van der Waals surface area contributed by atoms with Crippen LogP contribution in [0, 0.1) is 5.92 Å². The van der Waals surface area contributed by atoms with Crippen molar-refractivity contribution in [2.24, 2.45) is 5.92 Å². The molecule has 0 saturated carbocycles. The largest absolute Gasteiger partial charge is 0.383 e. The zero-order valence-electron chi connectivity index (χ0n) is 13.2. The minimum atomic E-state index is -3.83. The summed E-state index contributed by atoms with van der Waals surface area (Å²) < 4.78 is 31.9. The molecule has 0 heterocycles. The van der Waals surface area contributed by atoms with Gasteiger partial charge in [-0.2, -0.15) is 0 Å². The molecule has 6 nitrogen and oxygen atoms in total. The minimum absolute atomic E-state index is 0.0390. The van der Waals surface area contributed by atoms with Crippen LogP contribution >= 0.6 is 23.2 Å². The van der Waals surface area contributed by atoms with Gasteiger partial charge < -0.3 is 10.1 Å². The summed E-state index contributed by atoms with van der Waals surface area (Å²) in [6.07, 6.45) is 0. The van der Waals surface area contributed by atoms with Crippen LogP contribution in [-0.4, -0.2) is 41.1 Å². The lowest BCUT2D eigenvalue weighted by Gasteiger charge is -2.13. The number of carbonyl (C=O) groups is 1. The van der Waals surface area contributed by atoms with Gasteiger partial charge in [0.25, 0.3) is 5.91 Å². The second-order valence-corrected chi connectivity index (χ2v) is 7.81. The van der Waals surface area contributed by atoms with E-state index in [2.05, 4.69) is 10.0 Å². The number of amides is 1. The highest BCUT2D eigenvalue weighted by molar-refractivity contribution is 7.89. The Balaban J connectivity index is 3.10. The molecule has 0 spiro atoms. The zero-order chi connectivity index (χ0) is 17.6. The molecule has 0 atom stereocenters. The van der Waals surface area contributed by atoms with Gasteiger partial charge in [0.1, 0.15) is 4.90 Å². The number of sulfonamides is 1. The number of halogens is 2. The third-order valence-electron chi connectivity index (χ3n) is 2.83. The van der Waals surface area contributed by atoms with Gasteiger partial charge in [-0.3, -0.25) is 4.79 Å². The van der Waals surface area contributed by atoms with Gasteiger partial charge in [0, 0.05) is 20.2 Å². The van der Waals surface area contributed by atoms with E-state index in [0.717, 1.165) is 0 Å². The monoisotopic (exact) mass is 382 g/mol. The van der Waals surface area contributed by atoms with Gasteiger partial charge in [-0.15, -0.1) is 0 Å². The molecule has 0 radical (unpaired) electrons. The van der Waals surface area contributed by atoms with E-state index in [0.29, 0.717) is 6.61 Å². The zero-order valence-corrected chi connectivity index (χ0v) is 15.5. The lowest BCUT2D eigenvalue weighted by atomic mass is 10.2. The number of nitrogens with one attached hydrogen (secondary N) is 2. The summed E-state index contributed by atoms with van der Waals surface area (Å²) in [5, 5.41) is 2.62. The first-order valence-electron chi connectivity index (χ1n) is 6.95. The van der Waals surface area contributed by atoms with Crippen molar-refractivity contribution in [1.29, 1.82) is 0 Å². The van der Waals surface area contributed by atoms with Gasteiger partial charge in [0.05, 0.1) is 22.2 Å². The molecule has 23 heavy (non-hydrogen) atoms. The summed E-state index contributed by atoms with van der Waals surface area (Å²) in [7, 11) is -2.32. The van der Waals surface area contributed by atoms with Crippen LogP contribution in [-0.2, 0) is 14.8 Å². The maximum Gasteiger partial charge on any atom is 0.252 e. The molecule has 2 N–H and O–H groups in total. The molecule has 1 amide bonds. The Bertz CT molecular complexity index is 663. The summed E-state index contributed by atoms with van der Waals surface area (Å²) in [5.41, 5.74) is 0.0390. The molecular formula is C14H20Cl2N2O4S. The molecule has 0 aromatic heterocycles. The molecule has 0 aliphatic carbocycles. The Morgan fingerprint density at radius 2 is 1.91 bits per heavy atom. The minimum Gasteiger partial charge on any atom is -0.383 e. The molecule has 130 valence electrons. The lowest BCUT2D eigenvalue weighted by molar-refractivity contribution is 0.0937. The molecular weight excluding hydrogens is 363 g/mol. The topological polar surface area (TPSA) is 84.5 Å². The van der Waals surface area contributed by atoms with Crippen molar-refractivity contribution in [3.8, 4) is 0 Å². The summed E-state index contributed by atoms with van der Waals surface area (Å²) in [6, 6.07) is 2.42. The second kappa shape index (κ2) is 8.84. The second-order valence-electron chi connectivity index (χ2n) is 5.26. The van der Waals surface area contributed by atoms with Crippen molar-refractivity contribution in [3.05, 3.63) is 27.7 Å². The molecule has 1 rings (SSSR count). The fourth-order valence-electron chi connectivity index (χ4n) is 1.63. The maximum absolute atomic E-state index is 12.3. The molecule has 0 bridgehead atoms. The Kier molecular flexibility index (Phi) is 7.76. The quantitative estimate of drug-likeness (QED) is 0.675. The third kappa shape index (κ3) is 5.93. The van der Waals surface area contributed by atoms with Gasteiger partial charge in [0.15, 0.2) is 0 Å². The third-order valence-corrected chi connectivity index (χ3v) is 5.03. The van der Waals surface area contributed by atoms with E-state index in [4.69, 9.17) is 27.9 Å². The average Bonchev–Trinajstić information content (AvgIpc) is 2.45. The first kappa shape index (κ1) is 20.2. The van der Waals surface area contributed by atoms with E-state index >= 15 is 0 Å². The van der Waals surface area contributed by atoms with Crippen molar-refractivity contribution >= 4 is 39.1 Å². The summed E-state index contributed by atoms with van der Waals surface area (Å²) in [5.74, 6) is -0.364. The number of ether oxygens (including phenoxy) is 1. The molecule has 9 heteroatoms. The summed E-state index contributed by atoms with van der Waals surface area (Å²) >= 11 is 12.0. The van der Waals surface area contributed by atoms with Crippen molar-refractivity contribution < 1.29 is 17.9 Å². The van der Waals surface area contributed by atoms with Crippen LogP contribution in [0.5, 0.6) is 0 Å². The molecule has 0 aliphatic rings. The van der Waals surface area contributed by atoms with Crippen molar-refractivity contribution in [2.75, 3.05) is 26.8 Å². The van der Waals surface area contributed by atoms with Gasteiger partial charge >= 0.3 is 0 Å². The Morgan fingerprint density at radius 1 is 1.26 bits per heavy atom. The normalized spacial score (nSPS) is 11.7. The van der Waals surface area contributed by atoms with Crippen LogP contribution in [0.25, 0.3) is 0 Å². The number of benzene rings is 1. The number of carbonyl (C=O) groups excluding carboxylic acids is 1. The lowest BCUT2D eigenvalue weighted by Crippen LogP contribution is -2.29. The molecule has 1 aromatic rings. The number of hydrogen-bond donors (Lipinski definition) is 2. The summed E-state index contributed by atoms with van der Waals surface area (Å²) in [4.78, 5) is 11.9. The van der Waals surface area contributed by atoms with E-state index in [1.807, 2.05) is 13.8 Å². The van der Waals surface area contributed by atoms with Crippen LogP contribution in [0.4, 0.5) is 0 Å². The van der Waals surface area contributed by atoms with Crippen LogP contribution < -0.4 is 10.0 Å². The van der Waals surface area contributed by atoms with Crippen molar-refractivity contribution in [1.82, 2.24) is 10.0 Å². The fraction of sp³-hybridized carbons (Fsp3) is 0.500. The van der Waals surface area contributed by atoms with Gasteiger partial charge in [-0.1, -0.05) is 37.0 Å². The average molecular weight is 383 g/mol. The SMILES string of the molecule is COCCNC(=O)c1cc(S(=O)(=O)NCC(C)C)c(Cl)cc1Cl. The molecule has 0 aliphatic heterocycles. The number of rotatable bonds is 8. The van der Waals surface area contributed by atoms with Crippen LogP contribution in [0.1, 0.15) is 24.2 Å². The van der Waals surface area contributed by atoms with E-state index in [-0.39, 0.29) is 39.5 Å². The predicted octanol–water partition coefficient (Wildman–Crippen LogP) is 2.30. The highest BCUT2D eigenvalue weighted by atomic mass is 35.5. The van der Waals surface area contributed by atoms with Crippen molar-refractivity contribution in [2.45, 2.75) is 18.7 Å². The van der Waals surface area contributed by atoms with Crippen molar-refractivity contribution in [3.63, 3.8) is 0 Å². The Labute approximate surface area is 146 Å². The first-order chi connectivity index (χ1) is 10.7. The maximum atomic E-state index is 12.3. The van der Waals surface area contributed by atoms with Crippen LogP contribution in [0.3, 0.4) is 0 Å². The molecule has 0 fully saturated rings. The Morgan fingerprint density at radius 3 is 2.48 bits per heavy atom. The predicted molar refractivity (Wildman–Crippen MR) is 90.7 cm³/mol. The highest BCUT2D eigenvalue weighted by Crippen LogP contribution is 2.28. The van der Waals surface area contributed by atoms with E-state index in [1.165, 1.54) is 19.2 Å². The molecule has 0 unspecified atom stereocenters. The smallest absolute Gasteiger partial charge is 0.252 e. The van der Waals surface area contributed by atoms with E-state index in [1.54, 1.807) is 0 Å². The van der Waals surface area contributed by atoms with E-state index < -0.39 is 15.9 Å². The van der Waals surface area contributed by atoms with Crippen LogP contribution in [0.15, 0.2) is 17.0 Å². The number of hydrogen-bond acceptors (Lipinski definition) is 4. The molecule has 1 aromatic carbocycles. The standard InChI is InChI=1S/C14H20Cl2N2O4S/c1-9(2)8-18-23(20,21)13-6-10(11(15)7-12(13)16)14(19)17-4-5-22-3/h6-7,9,18H,4-5,8H2,1-3H3,(H,17,19). The summed E-state index contributed by atoms with van der Waals surface area (Å²) in [6.45, 7) is 4.62. The van der Waals surface area contributed by atoms with E-state index in [9.17, 15) is 13.2 Å². The van der Waals surface area contributed by atoms with Gasteiger partial charge in [-0.05, 0) is 18.1 Å². The van der Waals surface area contributed by atoms with Gasteiger partial charge in [0.2, 0.25) is 10.0 Å². The van der Waals surface area contributed by atoms with Crippen LogP contribution in [0.2, 0.25) is 10.0 Å². The first-order valence-corrected chi connectivity index (χ1v) is 9.18. The van der Waals surface area contributed by atoms with Gasteiger partial charge in [-0.25, -0.2) is 13.1 Å². The molecule has 0 saturated heterocycles.